The maximum absolute atomic E-state index is 12.1. The molecule has 1 aromatic carbocycles. The molecule has 94 valence electrons. The largest absolute Gasteiger partial charge is 0.490 e. The maximum Gasteiger partial charge on any atom is 0.322 e. The van der Waals surface area contributed by atoms with Gasteiger partial charge in [-0.25, -0.2) is 4.79 Å². The van der Waals surface area contributed by atoms with E-state index in [0.29, 0.717) is 22.8 Å². The van der Waals surface area contributed by atoms with Gasteiger partial charge >= 0.3 is 6.03 Å². The highest BCUT2D eigenvalue weighted by Gasteiger charge is 2.52. The van der Waals surface area contributed by atoms with Crippen LogP contribution in [0.4, 0.5) is 4.79 Å². The molecular formula is C12H11ClN2O3. The van der Waals surface area contributed by atoms with Crippen LogP contribution in [0.15, 0.2) is 18.2 Å². The fraction of sp³-hybridized carbons (Fsp3) is 0.333. The van der Waals surface area contributed by atoms with Crippen LogP contribution < -0.4 is 15.4 Å². The summed E-state index contributed by atoms with van der Waals surface area (Å²) in [5, 5.41) is 5.51. The molecule has 2 aliphatic heterocycles. The van der Waals surface area contributed by atoms with Crippen LogP contribution in [-0.4, -0.2) is 18.0 Å². The number of nitrogens with one attached hydrogen (secondary N) is 2. The molecule has 2 atom stereocenters. The lowest BCUT2D eigenvalue weighted by Crippen LogP contribution is -2.49. The van der Waals surface area contributed by atoms with Crippen molar-refractivity contribution in [2.75, 3.05) is 0 Å². The van der Waals surface area contributed by atoms with Crippen molar-refractivity contribution in [3.63, 3.8) is 0 Å². The second-order valence-electron chi connectivity index (χ2n) is 4.59. The Hall–Kier alpha value is -1.75. The van der Waals surface area contributed by atoms with Crippen molar-refractivity contribution in [1.29, 1.82) is 0 Å². The van der Waals surface area contributed by atoms with E-state index in [1.165, 1.54) is 0 Å². The van der Waals surface area contributed by atoms with Gasteiger partial charge in [0, 0.05) is 17.0 Å². The van der Waals surface area contributed by atoms with Crippen LogP contribution in [0.25, 0.3) is 0 Å². The minimum atomic E-state index is -1.03. The summed E-state index contributed by atoms with van der Waals surface area (Å²) in [6.45, 7) is 1.85. The van der Waals surface area contributed by atoms with Gasteiger partial charge in [-0.05, 0) is 19.1 Å². The standard InChI is InChI=1S/C12H11ClN2O3/c1-6-5-12(10(16)14-11(17)15-12)8-3-2-7(13)4-9(8)18-6/h2-4,6H,5H2,1H3,(H2,14,15,16,17). The fourth-order valence-electron chi connectivity index (χ4n) is 2.57. The van der Waals surface area contributed by atoms with E-state index in [9.17, 15) is 9.59 Å². The Balaban J connectivity index is 2.18. The van der Waals surface area contributed by atoms with E-state index in [1.807, 2.05) is 6.92 Å². The molecule has 6 heteroatoms. The van der Waals surface area contributed by atoms with Crippen molar-refractivity contribution in [2.24, 2.45) is 0 Å². The van der Waals surface area contributed by atoms with Gasteiger partial charge in [-0.15, -0.1) is 0 Å². The van der Waals surface area contributed by atoms with Gasteiger partial charge in [-0.1, -0.05) is 17.7 Å². The first-order valence-electron chi connectivity index (χ1n) is 5.61. The molecular weight excluding hydrogens is 256 g/mol. The molecule has 0 saturated carbocycles. The van der Waals surface area contributed by atoms with Gasteiger partial charge in [0.2, 0.25) is 0 Å². The minimum absolute atomic E-state index is 0.180. The van der Waals surface area contributed by atoms with Crippen LogP contribution >= 0.6 is 11.6 Å². The fourth-order valence-corrected chi connectivity index (χ4v) is 2.73. The predicted molar refractivity (Wildman–Crippen MR) is 64.5 cm³/mol. The number of hydrogen-bond donors (Lipinski definition) is 2. The summed E-state index contributed by atoms with van der Waals surface area (Å²) in [6, 6.07) is 4.58. The molecule has 0 aliphatic carbocycles. The summed E-state index contributed by atoms with van der Waals surface area (Å²) in [5.41, 5.74) is -0.386. The van der Waals surface area contributed by atoms with E-state index >= 15 is 0 Å². The number of carbonyl (C=O) groups excluding carboxylic acids is 2. The topological polar surface area (TPSA) is 67.4 Å². The summed E-state index contributed by atoms with van der Waals surface area (Å²) < 4.78 is 5.67. The van der Waals surface area contributed by atoms with Crippen LogP contribution in [-0.2, 0) is 10.3 Å². The number of urea groups is 1. The smallest absolute Gasteiger partial charge is 0.322 e. The molecule has 5 nitrogen and oxygen atoms in total. The summed E-state index contributed by atoms with van der Waals surface area (Å²) in [6.07, 6.45) is 0.222. The van der Waals surface area contributed by atoms with Gasteiger partial charge in [0.05, 0.1) is 6.10 Å². The second kappa shape index (κ2) is 3.62. The van der Waals surface area contributed by atoms with Crippen LogP contribution in [0, 0.1) is 0 Å². The lowest BCUT2D eigenvalue weighted by Gasteiger charge is -2.36. The molecule has 1 fully saturated rings. The van der Waals surface area contributed by atoms with Crippen LogP contribution in [0.5, 0.6) is 5.75 Å². The first-order chi connectivity index (χ1) is 8.51. The van der Waals surface area contributed by atoms with E-state index in [4.69, 9.17) is 16.3 Å². The van der Waals surface area contributed by atoms with Gasteiger partial charge in [-0.2, -0.15) is 0 Å². The van der Waals surface area contributed by atoms with Crippen molar-refractivity contribution in [1.82, 2.24) is 10.6 Å². The highest BCUT2D eigenvalue weighted by molar-refractivity contribution is 6.30. The lowest BCUT2D eigenvalue weighted by atomic mass is 9.82. The summed E-state index contributed by atoms with van der Waals surface area (Å²) >= 11 is 5.92. The third kappa shape index (κ3) is 1.47. The molecule has 18 heavy (non-hydrogen) atoms. The predicted octanol–water partition coefficient (Wildman–Crippen LogP) is 1.55. The van der Waals surface area contributed by atoms with Crippen LogP contribution in [0.1, 0.15) is 18.9 Å². The minimum Gasteiger partial charge on any atom is -0.490 e. The Morgan fingerprint density at radius 1 is 1.44 bits per heavy atom. The molecule has 1 spiro atoms. The van der Waals surface area contributed by atoms with E-state index < -0.39 is 11.6 Å². The molecule has 0 aromatic heterocycles. The highest BCUT2D eigenvalue weighted by atomic mass is 35.5. The number of rotatable bonds is 0. The van der Waals surface area contributed by atoms with Crippen molar-refractivity contribution in [3.05, 3.63) is 28.8 Å². The van der Waals surface area contributed by atoms with Crippen LogP contribution in [0.3, 0.4) is 0 Å². The number of fused-ring (bicyclic) bond motifs is 2. The third-order valence-electron chi connectivity index (χ3n) is 3.27. The van der Waals surface area contributed by atoms with Gasteiger partial charge < -0.3 is 10.1 Å². The summed E-state index contributed by atoms with van der Waals surface area (Å²) in [4.78, 5) is 23.5. The molecule has 2 heterocycles. The average molecular weight is 267 g/mol. The van der Waals surface area contributed by atoms with E-state index in [2.05, 4.69) is 10.6 Å². The van der Waals surface area contributed by atoms with Crippen LogP contribution in [0.2, 0.25) is 5.02 Å². The number of hydrogen-bond acceptors (Lipinski definition) is 3. The number of benzene rings is 1. The number of amides is 3. The zero-order chi connectivity index (χ0) is 12.9. The monoisotopic (exact) mass is 266 g/mol. The number of imide groups is 1. The van der Waals surface area contributed by atoms with E-state index in [-0.39, 0.29) is 12.0 Å². The zero-order valence-electron chi connectivity index (χ0n) is 9.62. The number of ether oxygens (including phenoxy) is 1. The Labute approximate surface area is 108 Å². The highest BCUT2D eigenvalue weighted by Crippen LogP contribution is 2.42. The quantitative estimate of drug-likeness (QED) is 0.700. The summed E-state index contributed by atoms with van der Waals surface area (Å²) in [5.74, 6) is 0.199. The van der Waals surface area contributed by atoms with Gasteiger partial charge in [0.1, 0.15) is 5.75 Å². The molecule has 1 saturated heterocycles. The lowest BCUT2D eigenvalue weighted by molar-refractivity contribution is -0.126. The molecule has 0 bridgehead atoms. The van der Waals surface area contributed by atoms with E-state index in [0.717, 1.165) is 0 Å². The zero-order valence-corrected chi connectivity index (χ0v) is 10.4. The van der Waals surface area contributed by atoms with Gasteiger partial charge in [0.25, 0.3) is 5.91 Å². The van der Waals surface area contributed by atoms with Crippen molar-refractivity contribution in [3.8, 4) is 5.75 Å². The summed E-state index contributed by atoms with van der Waals surface area (Å²) in [7, 11) is 0. The van der Waals surface area contributed by atoms with Crippen molar-refractivity contribution >= 4 is 23.5 Å². The maximum atomic E-state index is 12.1. The average Bonchev–Trinajstić information content (AvgIpc) is 2.53. The Kier molecular flexibility index (Phi) is 2.28. The first-order valence-corrected chi connectivity index (χ1v) is 5.99. The third-order valence-corrected chi connectivity index (χ3v) is 3.50. The first kappa shape index (κ1) is 11.3. The molecule has 0 radical (unpaired) electrons. The molecule has 2 aliphatic rings. The van der Waals surface area contributed by atoms with E-state index in [1.54, 1.807) is 18.2 Å². The number of carbonyl (C=O) groups is 2. The Morgan fingerprint density at radius 3 is 2.89 bits per heavy atom. The number of halogens is 1. The van der Waals surface area contributed by atoms with Crippen molar-refractivity contribution < 1.29 is 14.3 Å². The molecule has 2 N–H and O–H groups in total. The van der Waals surface area contributed by atoms with Crippen molar-refractivity contribution in [2.45, 2.75) is 25.0 Å². The SMILES string of the molecule is CC1CC2(NC(=O)NC2=O)c2ccc(Cl)cc2O1. The molecule has 2 unspecified atom stereocenters. The molecule has 3 rings (SSSR count). The molecule has 3 amide bonds. The van der Waals surface area contributed by atoms with Gasteiger partial charge in [-0.3, -0.25) is 10.1 Å². The Morgan fingerprint density at radius 2 is 2.22 bits per heavy atom. The molecule has 1 aromatic rings. The van der Waals surface area contributed by atoms with Gasteiger partial charge in [0.15, 0.2) is 5.54 Å². The Bertz CT molecular complexity index is 560. The normalized spacial score (nSPS) is 29.6. The second-order valence-corrected chi connectivity index (χ2v) is 5.02.